The lowest BCUT2D eigenvalue weighted by atomic mass is 10.1. The van der Waals surface area contributed by atoms with Crippen LogP contribution in [0.3, 0.4) is 0 Å². The van der Waals surface area contributed by atoms with Crippen LogP contribution in [-0.2, 0) is 21.3 Å². The number of hydrogen-bond acceptors (Lipinski definition) is 6. The van der Waals surface area contributed by atoms with Gasteiger partial charge in [-0.3, -0.25) is 9.20 Å². The highest BCUT2D eigenvalue weighted by Crippen LogP contribution is 2.20. The summed E-state index contributed by atoms with van der Waals surface area (Å²) >= 11 is 0. The van der Waals surface area contributed by atoms with E-state index in [1.54, 1.807) is 48.7 Å². The van der Waals surface area contributed by atoms with Crippen molar-refractivity contribution < 1.29 is 17.9 Å². The number of hydrogen-bond donors (Lipinski definition) is 1. The largest absolute Gasteiger partial charge is 0.379 e. The highest BCUT2D eigenvalue weighted by molar-refractivity contribution is 7.89. The van der Waals surface area contributed by atoms with E-state index in [-0.39, 0.29) is 35.8 Å². The van der Waals surface area contributed by atoms with Crippen LogP contribution in [0.1, 0.15) is 15.9 Å². The van der Waals surface area contributed by atoms with Gasteiger partial charge in [0.25, 0.3) is 5.91 Å². The molecule has 1 amide bonds. The molecule has 0 spiro atoms. The number of anilines is 1. The lowest BCUT2D eigenvalue weighted by Gasteiger charge is -2.26. The highest BCUT2D eigenvalue weighted by atomic mass is 32.2. The Kier molecular flexibility index (Phi) is 6.20. The average Bonchev–Trinajstić information content (AvgIpc) is 3.20. The molecule has 2 aromatic heterocycles. The Morgan fingerprint density at radius 3 is 2.60 bits per heavy atom. The molecule has 3 heterocycles. The van der Waals surface area contributed by atoms with Crippen molar-refractivity contribution in [1.29, 1.82) is 0 Å². The summed E-state index contributed by atoms with van der Waals surface area (Å²) in [7, 11) is -3.72. The topological polar surface area (TPSA) is 115 Å². The Morgan fingerprint density at radius 2 is 1.80 bits per heavy atom. The number of benzene rings is 2. The monoisotopic (exact) mass is 493 g/mol. The quantitative estimate of drug-likeness (QED) is 0.438. The molecule has 11 heteroatoms. The summed E-state index contributed by atoms with van der Waals surface area (Å²) in [6, 6.07) is 18.4. The van der Waals surface area contributed by atoms with Gasteiger partial charge in [0.2, 0.25) is 10.0 Å². The third kappa shape index (κ3) is 4.74. The summed E-state index contributed by atoms with van der Waals surface area (Å²) in [6.45, 7) is 1.48. The molecule has 0 saturated carbocycles. The lowest BCUT2D eigenvalue weighted by molar-refractivity contribution is 0.0730. The predicted molar refractivity (Wildman–Crippen MR) is 129 cm³/mol. The van der Waals surface area contributed by atoms with E-state index in [0.717, 1.165) is 5.56 Å². The molecule has 35 heavy (non-hydrogen) atoms. The Bertz CT molecular complexity index is 1550. The molecule has 1 aliphatic heterocycles. The minimum Gasteiger partial charge on any atom is -0.379 e. The second-order valence-corrected chi connectivity index (χ2v) is 10.0. The summed E-state index contributed by atoms with van der Waals surface area (Å²) in [4.78, 5) is 25.5. The van der Waals surface area contributed by atoms with Gasteiger partial charge in [0.1, 0.15) is 0 Å². The summed E-state index contributed by atoms with van der Waals surface area (Å²) < 4.78 is 35.3. The van der Waals surface area contributed by atoms with E-state index in [2.05, 4.69) is 10.4 Å². The molecule has 1 fully saturated rings. The molecule has 0 radical (unpaired) electrons. The van der Waals surface area contributed by atoms with Crippen LogP contribution in [-0.4, -0.2) is 59.1 Å². The van der Waals surface area contributed by atoms with Gasteiger partial charge in [0.05, 0.1) is 24.7 Å². The standard InChI is InChI=1S/C24H23N5O5S/c30-23(19-6-4-8-21(16-19)35(32,33)27-11-13-34-14-12-27)25-20-7-3-5-18(15-20)17-29-24(31)28-10-2-1-9-22(28)26-29/h1-10,15-16H,11-14,17H2,(H,25,30). The number of amides is 1. The van der Waals surface area contributed by atoms with Crippen molar-refractivity contribution in [3.05, 3.63) is 94.5 Å². The van der Waals surface area contributed by atoms with Crippen molar-refractivity contribution in [2.45, 2.75) is 11.4 Å². The second kappa shape index (κ2) is 9.45. The third-order valence-electron chi connectivity index (χ3n) is 5.71. The molecule has 2 aromatic carbocycles. The minimum atomic E-state index is -3.72. The SMILES string of the molecule is O=C(Nc1cccc(Cn2nc3ccccn3c2=O)c1)c1cccc(S(=O)(=O)N2CCOCC2)c1. The van der Waals surface area contributed by atoms with Gasteiger partial charge in [0, 0.05) is 30.5 Å². The van der Waals surface area contributed by atoms with Gasteiger partial charge >= 0.3 is 5.69 Å². The minimum absolute atomic E-state index is 0.0621. The summed E-state index contributed by atoms with van der Waals surface area (Å²) in [5.74, 6) is -0.439. The fourth-order valence-corrected chi connectivity index (χ4v) is 5.38. The molecule has 0 unspecified atom stereocenters. The van der Waals surface area contributed by atoms with Gasteiger partial charge in [-0.05, 0) is 48.0 Å². The maximum absolute atomic E-state index is 12.9. The summed E-state index contributed by atoms with van der Waals surface area (Å²) in [5.41, 5.74) is 1.81. The first-order valence-electron chi connectivity index (χ1n) is 11.0. The number of rotatable bonds is 6. The Labute approximate surface area is 201 Å². The fourth-order valence-electron chi connectivity index (χ4n) is 3.93. The number of carbonyl (C=O) groups is 1. The zero-order valence-electron chi connectivity index (χ0n) is 18.7. The van der Waals surface area contributed by atoms with Crippen molar-refractivity contribution in [1.82, 2.24) is 18.5 Å². The number of pyridine rings is 1. The van der Waals surface area contributed by atoms with Crippen molar-refractivity contribution in [3.8, 4) is 0 Å². The van der Waals surface area contributed by atoms with Crippen LogP contribution in [0, 0.1) is 0 Å². The molecule has 10 nitrogen and oxygen atoms in total. The van der Waals surface area contributed by atoms with Crippen LogP contribution >= 0.6 is 0 Å². The first kappa shape index (κ1) is 23.0. The molecule has 4 aromatic rings. The van der Waals surface area contributed by atoms with Crippen LogP contribution in [0.25, 0.3) is 5.65 Å². The van der Waals surface area contributed by atoms with Crippen molar-refractivity contribution in [2.75, 3.05) is 31.6 Å². The van der Waals surface area contributed by atoms with Crippen LogP contribution in [0.4, 0.5) is 5.69 Å². The third-order valence-corrected chi connectivity index (χ3v) is 7.60. The highest BCUT2D eigenvalue weighted by Gasteiger charge is 2.26. The lowest BCUT2D eigenvalue weighted by Crippen LogP contribution is -2.40. The van der Waals surface area contributed by atoms with E-state index in [1.807, 2.05) is 12.1 Å². The summed E-state index contributed by atoms with van der Waals surface area (Å²) in [6.07, 6.45) is 1.66. The molecule has 5 rings (SSSR count). The number of nitrogens with zero attached hydrogens (tertiary/aromatic N) is 4. The van der Waals surface area contributed by atoms with Crippen LogP contribution < -0.4 is 11.0 Å². The Hall–Kier alpha value is -3.80. The van der Waals surface area contributed by atoms with Gasteiger partial charge in [-0.1, -0.05) is 24.3 Å². The van der Waals surface area contributed by atoms with E-state index >= 15 is 0 Å². The molecule has 1 N–H and O–H groups in total. The Balaban J connectivity index is 1.33. The number of morpholine rings is 1. The second-order valence-electron chi connectivity index (χ2n) is 8.07. The molecule has 0 aliphatic carbocycles. The van der Waals surface area contributed by atoms with Gasteiger partial charge in [-0.25, -0.2) is 17.9 Å². The Morgan fingerprint density at radius 1 is 1.00 bits per heavy atom. The van der Waals surface area contributed by atoms with E-state index in [9.17, 15) is 18.0 Å². The predicted octanol–water partition coefficient (Wildman–Crippen LogP) is 1.82. The fraction of sp³-hybridized carbons (Fsp3) is 0.208. The molecular weight excluding hydrogens is 470 g/mol. The number of carbonyl (C=O) groups excluding carboxylic acids is 1. The van der Waals surface area contributed by atoms with Gasteiger partial charge < -0.3 is 10.1 Å². The molecule has 0 atom stereocenters. The summed E-state index contributed by atoms with van der Waals surface area (Å²) in [5, 5.41) is 7.13. The first-order valence-corrected chi connectivity index (χ1v) is 12.5. The maximum Gasteiger partial charge on any atom is 0.350 e. The molecule has 180 valence electrons. The zero-order valence-corrected chi connectivity index (χ0v) is 19.5. The number of aromatic nitrogens is 3. The van der Waals surface area contributed by atoms with Crippen LogP contribution in [0.2, 0.25) is 0 Å². The van der Waals surface area contributed by atoms with E-state index in [4.69, 9.17) is 4.74 Å². The molecular formula is C24H23N5O5S. The van der Waals surface area contributed by atoms with E-state index < -0.39 is 15.9 Å². The maximum atomic E-state index is 12.9. The number of ether oxygens (including phenoxy) is 1. The number of fused-ring (bicyclic) bond motifs is 1. The van der Waals surface area contributed by atoms with E-state index in [1.165, 1.54) is 25.5 Å². The van der Waals surface area contributed by atoms with Crippen molar-refractivity contribution in [2.24, 2.45) is 0 Å². The normalized spacial score (nSPS) is 14.7. The zero-order chi connectivity index (χ0) is 24.4. The first-order chi connectivity index (χ1) is 16.9. The van der Waals surface area contributed by atoms with Gasteiger partial charge in [0.15, 0.2) is 5.65 Å². The van der Waals surface area contributed by atoms with Gasteiger partial charge in [-0.15, -0.1) is 5.10 Å². The van der Waals surface area contributed by atoms with Crippen molar-refractivity contribution in [3.63, 3.8) is 0 Å². The average molecular weight is 494 g/mol. The van der Waals surface area contributed by atoms with E-state index in [0.29, 0.717) is 24.5 Å². The molecule has 0 bridgehead atoms. The van der Waals surface area contributed by atoms with Crippen LogP contribution in [0.5, 0.6) is 0 Å². The molecule has 1 saturated heterocycles. The number of sulfonamides is 1. The smallest absolute Gasteiger partial charge is 0.350 e. The number of nitrogens with one attached hydrogen (secondary N) is 1. The van der Waals surface area contributed by atoms with Crippen molar-refractivity contribution >= 4 is 27.3 Å². The van der Waals surface area contributed by atoms with Gasteiger partial charge in [-0.2, -0.15) is 4.31 Å². The van der Waals surface area contributed by atoms with Crippen LogP contribution in [0.15, 0.2) is 82.6 Å². The molecule has 1 aliphatic rings.